The number of hydrogen-bond donors (Lipinski definition) is 0. The maximum absolute atomic E-state index is 5.39. The number of hydrogen-bond acceptors (Lipinski definition) is 5. The highest BCUT2D eigenvalue weighted by Crippen LogP contribution is 2.24. The maximum Gasteiger partial charge on any atom is 0.159 e. The predicted molar refractivity (Wildman–Crippen MR) is 104 cm³/mol. The van der Waals surface area contributed by atoms with Crippen molar-refractivity contribution in [2.45, 2.75) is 6.54 Å². The lowest BCUT2D eigenvalue weighted by Gasteiger charge is -2.26. The standard InChI is InChI=1S/C19H20BrN5O/c20-18-12-21-19(22-13-18)16-3-1-2-15(10-16)17-11-23-25(14-17)5-4-24-6-8-26-9-7-24/h1-3,10-14H,4-9H2. The van der Waals surface area contributed by atoms with E-state index in [2.05, 4.69) is 54.2 Å². The molecule has 7 heteroatoms. The van der Waals surface area contributed by atoms with Gasteiger partial charge in [0.2, 0.25) is 0 Å². The van der Waals surface area contributed by atoms with Crippen molar-refractivity contribution in [2.75, 3.05) is 32.8 Å². The molecule has 0 amide bonds. The summed E-state index contributed by atoms with van der Waals surface area (Å²) >= 11 is 3.37. The largest absolute Gasteiger partial charge is 0.379 e. The third-order valence-corrected chi connectivity index (χ3v) is 4.87. The number of ether oxygens (including phenoxy) is 1. The number of morpholine rings is 1. The second-order valence-electron chi connectivity index (χ2n) is 6.25. The molecule has 134 valence electrons. The molecule has 0 bridgehead atoms. The first-order chi connectivity index (χ1) is 12.8. The second kappa shape index (κ2) is 8.07. The molecular formula is C19H20BrN5O. The molecule has 3 aromatic rings. The van der Waals surface area contributed by atoms with Gasteiger partial charge < -0.3 is 4.74 Å². The van der Waals surface area contributed by atoms with Crippen LogP contribution in [0.15, 0.2) is 53.5 Å². The van der Waals surface area contributed by atoms with Gasteiger partial charge in [0.1, 0.15) is 0 Å². The van der Waals surface area contributed by atoms with Gasteiger partial charge in [0.25, 0.3) is 0 Å². The lowest BCUT2D eigenvalue weighted by molar-refractivity contribution is 0.0360. The first-order valence-electron chi connectivity index (χ1n) is 8.69. The van der Waals surface area contributed by atoms with E-state index in [0.717, 1.165) is 66.4 Å². The summed E-state index contributed by atoms with van der Waals surface area (Å²) < 4.78 is 8.27. The van der Waals surface area contributed by atoms with Crippen LogP contribution in [0.2, 0.25) is 0 Å². The summed E-state index contributed by atoms with van der Waals surface area (Å²) in [5.41, 5.74) is 3.22. The van der Waals surface area contributed by atoms with Crippen LogP contribution >= 0.6 is 15.9 Å². The monoisotopic (exact) mass is 413 g/mol. The number of rotatable bonds is 5. The van der Waals surface area contributed by atoms with Crippen LogP contribution in [0, 0.1) is 0 Å². The Morgan fingerprint density at radius 1 is 0.962 bits per heavy atom. The molecule has 1 aliphatic heterocycles. The van der Waals surface area contributed by atoms with Gasteiger partial charge in [-0.2, -0.15) is 5.10 Å². The summed E-state index contributed by atoms with van der Waals surface area (Å²) in [4.78, 5) is 11.2. The van der Waals surface area contributed by atoms with Crippen molar-refractivity contribution in [3.63, 3.8) is 0 Å². The summed E-state index contributed by atoms with van der Waals surface area (Å²) in [6.45, 7) is 5.55. The summed E-state index contributed by atoms with van der Waals surface area (Å²) in [7, 11) is 0. The summed E-state index contributed by atoms with van der Waals surface area (Å²) in [6.07, 6.45) is 7.54. The SMILES string of the molecule is Brc1cnc(-c2cccc(-c3cnn(CCN4CCOCC4)c3)c2)nc1. The average Bonchev–Trinajstić information content (AvgIpc) is 3.17. The zero-order valence-electron chi connectivity index (χ0n) is 14.4. The Morgan fingerprint density at radius 3 is 2.54 bits per heavy atom. The zero-order chi connectivity index (χ0) is 17.8. The van der Waals surface area contributed by atoms with Crippen molar-refractivity contribution in [3.05, 3.63) is 53.5 Å². The average molecular weight is 414 g/mol. The minimum atomic E-state index is 0.717. The van der Waals surface area contributed by atoms with Crippen LogP contribution in [-0.4, -0.2) is 57.5 Å². The fourth-order valence-corrected chi connectivity index (χ4v) is 3.21. The second-order valence-corrected chi connectivity index (χ2v) is 7.17. The van der Waals surface area contributed by atoms with Crippen LogP contribution in [-0.2, 0) is 11.3 Å². The van der Waals surface area contributed by atoms with Gasteiger partial charge in [0.15, 0.2) is 5.82 Å². The van der Waals surface area contributed by atoms with Gasteiger partial charge in [-0.15, -0.1) is 0 Å². The number of benzene rings is 1. The lowest BCUT2D eigenvalue weighted by Crippen LogP contribution is -2.38. The van der Waals surface area contributed by atoms with E-state index in [1.807, 2.05) is 23.0 Å². The van der Waals surface area contributed by atoms with Crippen LogP contribution in [0.25, 0.3) is 22.5 Å². The molecule has 4 rings (SSSR count). The lowest BCUT2D eigenvalue weighted by atomic mass is 10.1. The molecule has 0 spiro atoms. The van der Waals surface area contributed by atoms with E-state index in [1.165, 1.54) is 0 Å². The summed E-state index contributed by atoms with van der Waals surface area (Å²) in [5.74, 6) is 0.717. The Hall–Kier alpha value is -2.09. The van der Waals surface area contributed by atoms with Gasteiger partial charge in [0.05, 0.1) is 30.4 Å². The molecule has 26 heavy (non-hydrogen) atoms. The van der Waals surface area contributed by atoms with Crippen molar-refractivity contribution in [2.24, 2.45) is 0 Å². The molecule has 1 saturated heterocycles. The smallest absolute Gasteiger partial charge is 0.159 e. The summed E-state index contributed by atoms with van der Waals surface area (Å²) in [5, 5.41) is 4.51. The topological polar surface area (TPSA) is 56.1 Å². The van der Waals surface area contributed by atoms with E-state index in [0.29, 0.717) is 0 Å². The van der Waals surface area contributed by atoms with E-state index in [-0.39, 0.29) is 0 Å². The molecule has 2 aromatic heterocycles. The first-order valence-corrected chi connectivity index (χ1v) is 9.48. The molecule has 0 saturated carbocycles. The Bertz CT molecular complexity index is 858. The fourth-order valence-electron chi connectivity index (χ4n) is 3.00. The van der Waals surface area contributed by atoms with Crippen LogP contribution in [0.3, 0.4) is 0 Å². The van der Waals surface area contributed by atoms with Crippen molar-refractivity contribution >= 4 is 15.9 Å². The normalized spacial score (nSPS) is 15.3. The highest BCUT2D eigenvalue weighted by molar-refractivity contribution is 9.10. The van der Waals surface area contributed by atoms with Crippen molar-refractivity contribution in [1.82, 2.24) is 24.6 Å². The molecule has 0 unspecified atom stereocenters. The van der Waals surface area contributed by atoms with Gasteiger partial charge >= 0.3 is 0 Å². The van der Waals surface area contributed by atoms with Gasteiger partial charge in [-0.05, 0) is 27.6 Å². The zero-order valence-corrected chi connectivity index (χ0v) is 16.0. The number of aromatic nitrogens is 4. The minimum absolute atomic E-state index is 0.717. The molecule has 0 N–H and O–H groups in total. The van der Waals surface area contributed by atoms with Crippen molar-refractivity contribution in [1.29, 1.82) is 0 Å². The quantitative estimate of drug-likeness (QED) is 0.642. The molecule has 0 radical (unpaired) electrons. The van der Waals surface area contributed by atoms with E-state index in [4.69, 9.17) is 4.74 Å². The first kappa shape index (κ1) is 17.3. The van der Waals surface area contributed by atoms with Crippen LogP contribution in [0.4, 0.5) is 0 Å². The van der Waals surface area contributed by atoms with Crippen LogP contribution in [0.5, 0.6) is 0 Å². The third kappa shape index (κ3) is 4.17. The molecule has 3 heterocycles. The molecule has 1 fully saturated rings. The summed E-state index contributed by atoms with van der Waals surface area (Å²) in [6, 6.07) is 8.25. The van der Waals surface area contributed by atoms with Crippen molar-refractivity contribution in [3.8, 4) is 22.5 Å². The highest BCUT2D eigenvalue weighted by Gasteiger charge is 2.11. The van der Waals surface area contributed by atoms with Crippen LogP contribution < -0.4 is 0 Å². The number of nitrogens with zero attached hydrogens (tertiary/aromatic N) is 5. The number of halogens is 1. The van der Waals surface area contributed by atoms with Gasteiger partial charge in [-0.3, -0.25) is 9.58 Å². The minimum Gasteiger partial charge on any atom is -0.379 e. The van der Waals surface area contributed by atoms with Gasteiger partial charge in [0, 0.05) is 49.4 Å². The molecule has 0 atom stereocenters. The van der Waals surface area contributed by atoms with Gasteiger partial charge in [-0.1, -0.05) is 18.2 Å². The van der Waals surface area contributed by atoms with Gasteiger partial charge in [-0.25, -0.2) is 9.97 Å². The van der Waals surface area contributed by atoms with E-state index in [1.54, 1.807) is 12.4 Å². The molecule has 6 nitrogen and oxygen atoms in total. The molecule has 0 aliphatic carbocycles. The molecule has 1 aliphatic rings. The Morgan fingerprint density at radius 2 is 1.73 bits per heavy atom. The molecular weight excluding hydrogens is 394 g/mol. The van der Waals surface area contributed by atoms with Crippen LogP contribution in [0.1, 0.15) is 0 Å². The van der Waals surface area contributed by atoms with Crippen molar-refractivity contribution < 1.29 is 4.74 Å². The fraction of sp³-hybridized carbons (Fsp3) is 0.316. The third-order valence-electron chi connectivity index (χ3n) is 4.46. The van der Waals surface area contributed by atoms with E-state index in [9.17, 15) is 0 Å². The predicted octanol–water partition coefficient (Wildman–Crippen LogP) is 3.10. The Labute approximate surface area is 161 Å². The highest BCUT2D eigenvalue weighted by atomic mass is 79.9. The maximum atomic E-state index is 5.39. The Balaban J connectivity index is 1.46. The van der Waals surface area contributed by atoms with E-state index < -0.39 is 0 Å². The molecule has 1 aromatic carbocycles. The Kier molecular flexibility index (Phi) is 5.38. The van der Waals surface area contributed by atoms with E-state index >= 15 is 0 Å².